The molecule has 1 nitrogen and oxygen atoms in total. The van der Waals surface area contributed by atoms with Gasteiger partial charge in [0.25, 0.3) is 0 Å². The molecule has 1 aromatic carbocycles. The standard InChI is InChI=1S/C11H11F2N/c1-7-5-10(14-6-7)11-8(12)3-2-4-9(11)13/h2-4,7H,5-6H2,1H3. The Labute approximate surface area is 81.5 Å². The molecule has 0 aliphatic carbocycles. The van der Waals surface area contributed by atoms with Crippen LogP contribution >= 0.6 is 0 Å². The lowest BCUT2D eigenvalue weighted by atomic mass is 10.0. The molecule has 0 bridgehead atoms. The first-order chi connectivity index (χ1) is 6.68. The van der Waals surface area contributed by atoms with Crippen LogP contribution in [0.25, 0.3) is 0 Å². The third kappa shape index (κ3) is 1.54. The van der Waals surface area contributed by atoms with Gasteiger partial charge in [-0.3, -0.25) is 4.99 Å². The first-order valence-corrected chi connectivity index (χ1v) is 4.66. The molecule has 1 aliphatic rings. The van der Waals surface area contributed by atoms with Crippen LogP contribution in [0, 0.1) is 17.6 Å². The van der Waals surface area contributed by atoms with Crippen LogP contribution in [-0.2, 0) is 0 Å². The van der Waals surface area contributed by atoms with E-state index in [0.29, 0.717) is 24.6 Å². The van der Waals surface area contributed by atoms with Gasteiger partial charge < -0.3 is 0 Å². The van der Waals surface area contributed by atoms with Crippen molar-refractivity contribution >= 4 is 5.71 Å². The van der Waals surface area contributed by atoms with Crippen molar-refractivity contribution in [3.8, 4) is 0 Å². The highest BCUT2D eigenvalue weighted by Crippen LogP contribution is 2.22. The number of aliphatic imine (C=N–C) groups is 1. The molecule has 1 aliphatic heterocycles. The largest absolute Gasteiger partial charge is 0.289 e. The fourth-order valence-corrected chi connectivity index (χ4v) is 1.68. The fraction of sp³-hybridized carbons (Fsp3) is 0.364. The lowest BCUT2D eigenvalue weighted by molar-refractivity contribution is 0.577. The lowest BCUT2D eigenvalue weighted by Gasteiger charge is -2.04. The molecule has 0 saturated heterocycles. The summed E-state index contributed by atoms with van der Waals surface area (Å²) in [7, 11) is 0. The summed E-state index contributed by atoms with van der Waals surface area (Å²) < 4.78 is 26.6. The van der Waals surface area contributed by atoms with Crippen molar-refractivity contribution in [3.05, 3.63) is 35.4 Å². The molecule has 1 unspecified atom stereocenters. The second-order valence-electron chi connectivity index (χ2n) is 3.69. The predicted molar refractivity (Wildman–Crippen MR) is 51.5 cm³/mol. The van der Waals surface area contributed by atoms with Gasteiger partial charge in [-0.2, -0.15) is 0 Å². The van der Waals surface area contributed by atoms with E-state index in [9.17, 15) is 8.78 Å². The lowest BCUT2D eigenvalue weighted by Crippen LogP contribution is -2.05. The molecular formula is C11H11F2N. The van der Waals surface area contributed by atoms with Gasteiger partial charge >= 0.3 is 0 Å². The molecule has 0 spiro atoms. The summed E-state index contributed by atoms with van der Waals surface area (Å²) in [5.41, 5.74) is 0.616. The summed E-state index contributed by atoms with van der Waals surface area (Å²) in [5, 5.41) is 0. The number of nitrogens with zero attached hydrogens (tertiary/aromatic N) is 1. The average molecular weight is 195 g/mol. The van der Waals surface area contributed by atoms with E-state index in [4.69, 9.17) is 0 Å². The van der Waals surface area contributed by atoms with Crippen molar-refractivity contribution in [2.24, 2.45) is 10.9 Å². The van der Waals surface area contributed by atoms with Crippen LogP contribution in [0.1, 0.15) is 18.9 Å². The van der Waals surface area contributed by atoms with Crippen LogP contribution in [-0.4, -0.2) is 12.3 Å². The van der Waals surface area contributed by atoms with E-state index in [2.05, 4.69) is 4.99 Å². The van der Waals surface area contributed by atoms with Crippen LogP contribution in [0.5, 0.6) is 0 Å². The first kappa shape index (κ1) is 9.31. The van der Waals surface area contributed by atoms with Gasteiger partial charge in [-0.15, -0.1) is 0 Å². The quantitative estimate of drug-likeness (QED) is 0.653. The molecule has 0 radical (unpaired) electrons. The Morgan fingerprint density at radius 2 is 1.93 bits per heavy atom. The maximum Gasteiger partial charge on any atom is 0.135 e. The van der Waals surface area contributed by atoms with Crippen LogP contribution in [0.2, 0.25) is 0 Å². The van der Waals surface area contributed by atoms with Crippen molar-refractivity contribution in [3.63, 3.8) is 0 Å². The van der Waals surface area contributed by atoms with Gasteiger partial charge in [-0.1, -0.05) is 13.0 Å². The predicted octanol–water partition coefficient (Wildman–Crippen LogP) is 2.79. The Bertz CT molecular complexity index is 365. The molecule has 0 fully saturated rings. The number of rotatable bonds is 1. The highest BCUT2D eigenvalue weighted by Gasteiger charge is 2.21. The zero-order valence-corrected chi connectivity index (χ0v) is 7.93. The molecule has 0 saturated carbocycles. The fourth-order valence-electron chi connectivity index (χ4n) is 1.68. The van der Waals surface area contributed by atoms with Gasteiger partial charge in [0, 0.05) is 12.3 Å². The van der Waals surface area contributed by atoms with E-state index in [1.165, 1.54) is 18.2 Å². The third-order valence-electron chi connectivity index (χ3n) is 2.39. The Kier molecular flexibility index (Phi) is 2.32. The SMILES string of the molecule is CC1CN=C(c2c(F)cccc2F)C1. The molecule has 3 heteroatoms. The van der Waals surface area contributed by atoms with Gasteiger partial charge in [0.15, 0.2) is 0 Å². The van der Waals surface area contributed by atoms with Gasteiger partial charge in [0.1, 0.15) is 11.6 Å². The highest BCUT2D eigenvalue weighted by molar-refractivity contribution is 6.02. The Hall–Kier alpha value is -1.25. The Balaban J connectivity index is 2.42. The van der Waals surface area contributed by atoms with Crippen LogP contribution < -0.4 is 0 Å². The van der Waals surface area contributed by atoms with Gasteiger partial charge in [-0.05, 0) is 24.5 Å². The first-order valence-electron chi connectivity index (χ1n) is 4.66. The smallest absolute Gasteiger partial charge is 0.135 e. The molecule has 1 aromatic rings. The van der Waals surface area contributed by atoms with E-state index in [1.54, 1.807) is 0 Å². The number of halogens is 2. The summed E-state index contributed by atoms with van der Waals surface area (Å²) in [6.45, 7) is 2.69. The van der Waals surface area contributed by atoms with Crippen molar-refractivity contribution in [2.75, 3.05) is 6.54 Å². The number of hydrogen-bond acceptors (Lipinski definition) is 1. The minimum Gasteiger partial charge on any atom is -0.289 e. The molecule has 1 atom stereocenters. The molecule has 0 N–H and O–H groups in total. The van der Waals surface area contributed by atoms with Gasteiger partial charge in [0.2, 0.25) is 0 Å². The summed E-state index contributed by atoms with van der Waals surface area (Å²) in [6.07, 6.45) is 0.665. The summed E-state index contributed by atoms with van der Waals surface area (Å²) in [4.78, 5) is 4.15. The maximum absolute atomic E-state index is 13.3. The summed E-state index contributed by atoms with van der Waals surface area (Å²) in [5.74, 6) is -0.639. The molecule has 0 aromatic heterocycles. The Morgan fingerprint density at radius 1 is 1.29 bits per heavy atom. The van der Waals surface area contributed by atoms with Crippen molar-refractivity contribution in [1.29, 1.82) is 0 Å². The van der Waals surface area contributed by atoms with Gasteiger partial charge in [-0.25, -0.2) is 8.78 Å². The minimum atomic E-state index is -0.516. The Morgan fingerprint density at radius 3 is 2.43 bits per heavy atom. The molecule has 0 amide bonds. The van der Waals surface area contributed by atoms with Crippen LogP contribution in [0.15, 0.2) is 23.2 Å². The van der Waals surface area contributed by atoms with E-state index in [0.717, 1.165) is 0 Å². The van der Waals surface area contributed by atoms with E-state index >= 15 is 0 Å². The second-order valence-corrected chi connectivity index (χ2v) is 3.69. The average Bonchev–Trinajstić information content (AvgIpc) is 2.51. The van der Waals surface area contributed by atoms with E-state index < -0.39 is 11.6 Å². The van der Waals surface area contributed by atoms with E-state index in [1.807, 2.05) is 6.92 Å². The molecule has 1 heterocycles. The van der Waals surface area contributed by atoms with Crippen molar-refractivity contribution in [1.82, 2.24) is 0 Å². The molecule has 14 heavy (non-hydrogen) atoms. The number of hydrogen-bond donors (Lipinski definition) is 0. The number of benzene rings is 1. The maximum atomic E-state index is 13.3. The zero-order valence-electron chi connectivity index (χ0n) is 7.93. The van der Waals surface area contributed by atoms with Crippen molar-refractivity contribution in [2.45, 2.75) is 13.3 Å². The summed E-state index contributed by atoms with van der Waals surface area (Å²) in [6, 6.07) is 3.90. The molecule has 2 rings (SSSR count). The second kappa shape index (κ2) is 3.48. The minimum absolute atomic E-state index is 0.0526. The molecular weight excluding hydrogens is 184 g/mol. The third-order valence-corrected chi connectivity index (χ3v) is 2.39. The highest BCUT2D eigenvalue weighted by atomic mass is 19.1. The van der Waals surface area contributed by atoms with Gasteiger partial charge in [0.05, 0.1) is 5.56 Å². The van der Waals surface area contributed by atoms with Crippen LogP contribution in [0.4, 0.5) is 8.78 Å². The van der Waals surface area contributed by atoms with E-state index in [-0.39, 0.29) is 5.56 Å². The molecule has 74 valence electrons. The summed E-state index contributed by atoms with van der Waals surface area (Å²) >= 11 is 0. The van der Waals surface area contributed by atoms with Crippen LogP contribution in [0.3, 0.4) is 0 Å². The topological polar surface area (TPSA) is 12.4 Å². The zero-order chi connectivity index (χ0) is 10.1. The monoisotopic (exact) mass is 195 g/mol. The normalized spacial score (nSPS) is 21.1. The van der Waals surface area contributed by atoms with Crippen molar-refractivity contribution < 1.29 is 8.78 Å².